The molecule has 152 valence electrons. The topological polar surface area (TPSA) is 77.6 Å². The summed E-state index contributed by atoms with van der Waals surface area (Å²) in [4.78, 5) is 32.7. The lowest BCUT2D eigenvalue weighted by atomic mass is 9.96. The molecule has 2 aliphatic rings. The van der Waals surface area contributed by atoms with Gasteiger partial charge >= 0.3 is 0 Å². The largest absolute Gasteiger partial charge is 0.368 e. The van der Waals surface area contributed by atoms with Gasteiger partial charge in [-0.05, 0) is 43.5 Å². The number of piperazine rings is 1. The number of hydrogen-bond acceptors (Lipinski definition) is 5. The molecule has 1 atom stereocenters. The van der Waals surface area contributed by atoms with Crippen LogP contribution in [0.1, 0.15) is 25.3 Å². The molecule has 7 nitrogen and oxygen atoms in total. The summed E-state index contributed by atoms with van der Waals surface area (Å²) in [6.07, 6.45) is 4.28. The van der Waals surface area contributed by atoms with E-state index in [1.165, 1.54) is 11.3 Å². The van der Waals surface area contributed by atoms with Gasteiger partial charge in [-0.1, -0.05) is 18.2 Å². The summed E-state index contributed by atoms with van der Waals surface area (Å²) in [5.41, 5.74) is 3.28. The number of benzene rings is 1. The number of hydrogen-bond donors (Lipinski definition) is 2. The first-order valence-electron chi connectivity index (χ1n) is 10.2. The summed E-state index contributed by atoms with van der Waals surface area (Å²) in [6, 6.07) is 12.6. The highest BCUT2D eigenvalue weighted by molar-refractivity contribution is 5.91. The van der Waals surface area contributed by atoms with Crippen molar-refractivity contribution < 1.29 is 9.59 Å². The van der Waals surface area contributed by atoms with E-state index in [0.717, 1.165) is 25.2 Å². The van der Waals surface area contributed by atoms with Gasteiger partial charge in [0.25, 0.3) is 0 Å². The Bertz CT molecular complexity index is 883. The van der Waals surface area contributed by atoms with Crippen LogP contribution in [-0.4, -0.2) is 49.0 Å². The zero-order valence-electron chi connectivity index (χ0n) is 16.7. The molecule has 7 heteroatoms. The van der Waals surface area contributed by atoms with Gasteiger partial charge in [0.05, 0.1) is 18.4 Å². The molecule has 0 unspecified atom stereocenters. The average Bonchev–Trinajstić information content (AvgIpc) is 2.73. The number of aryl methyl sites for hydroxylation is 1. The van der Waals surface area contributed by atoms with Gasteiger partial charge in [0, 0.05) is 37.8 Å². The summed E-state index contributed by atoms with van der Waals surface area (Å²) < 4.78 is 0. The van der Waals surface area contributed by atoms with Gasteiger partial charge < -0.3 is 20.4 Å². The Labute approximate surface area is 171 Å². The summed E-state index contributed by atoms with van der Waals surface area (Å²) in [6.45, 7) is 4.58. The van der Waals surface area contributed by atoms with E-state index < -0.39 is 0 Å². The second kappa shape index (κ2) is 8.51. The van der Waals surface area contributed by atoms with Crippen LogP contribution >= 0.6 is 0 Å². The lowest BCUT2D eigenvalue weighted by molar-refractivity contribution is -0.120. The maximum atomic E-state index is 12.5. The van der Waals surface area contributed by atoms with Crippen molar-refractivity contribution in [3.63, 3.8) is 0 Å². The molecule has 1 saturated heterocycles. The minimum absolute atomic E-state index is 0.00365. The van der Waals surface area contributed by atoms with Crippen molar-refractivity contribution in [2.45, 2.75) is 32.2 Å². The first-order chi connectivity index (χ1) is 14.1. The summed E-state index contributed by atoms with van der Waals surface area (Å²) >= 11 is 0. The molecule has 0 radical (unpaired) electrons. The molecular formula is C22H27N5O2. The number of anilines is 3. The maximum absolute atomic E-state index is 12.5. The van der Waals surface area contributed by atoms with E-state index in [-0.39, 0.29) is 11.8 Å². The normalized spacial score (nSPS) is 18.8. The van der Waals surface area contributed by atoms with Crippen molar-refractivity contribution >= 4 is 29.0 Å². The predicted molar refractivity (Wildman–Crippen MR) is 114 cm³/mol. The SMILES string of the molecule is C[C@@H]1CCc2ccccc2N1CCC(=O)Nc1ccc(N2CCNC(=O)C2)nc1. The van der Waals surface area contributed by atoms with Crippen molar-refractivity contribution in [1.29, 1.82) is 0 Å². The Morgan fingerprint density at radius 3 is 2.93 bits per heavy atom. The molecule has 2 amide bonds. The Morgan fingerprint density at radius 2 is 2.14 bits per heavy atom. The van der Waals surface area contributed by atoms with Crippen LogP contribution in [0.15, 0.2) is 42.6 Å². The third kappa shape index (κ3) is 4.50. The molecule has 4 rings (SSSR count). The van der Waals surface area contributed by atoms with Crippen molar-refractivity contribution in [1.82, 2.24) is 10.3 Å². The van der Waals surface area contributed by atoms with E-state index in [9.17, 15) is 9.59 Å². The minimum atomic E-state index is -0.0212. The molecule has 0 aliphatic carbocycles. The van der Waals surface area contributed by atoms with Crippen LogP contribution in [0.2, 0.25) is 0 Å². The zero-order valence-corrected chi connectivity index (χ0v) is 16.7. The molecule has 2 aliphatic heterocycles. The molecular weight excluding hydrogens is 366 g/mol. The van der Waals surface area contributed by atoms with Gasteiger partial charge in [-0.3, -0.25) is 9.59 Å². The molecule has 3 heterocycles. The van der Waals surface area contributed by atoms with Gasteiger partial charge in [0.2, 0.25) is 11.8 Å². The minimum Gasteiger partial charge on any atom is -0.368 e. The average molecular weight is 393 g/mol. The van der Waals surface area contributed by atoms with Gasteiger partial charge in [-0.2, -0.15) is 0 Å². The Morgan fingerprint density at radius 1 is 1.28 bits per heavy atom. The highest BCUT2D eigenvalue weighted by atomic mass is 16.2. The molecule has 2 aromatic rings. The van der Waals surface area contributed by atoms with Crippen LogP contribution in [-0.2, 0) is 16.0 Å². The summed E-state index contributed by atoms with van der Waals surface area (Å²) in [5.74, 6) is 0.729. The number of amides is 2. The zero-order chi connectivity index (χ0) is 20.2. The van der Waals surface area contributed by atoms with Crippen molar-refractivity contribution in [2.75, 3.05) is 41.3 Å². The highest BCUT2D eigenvalue weighted by Gasteiger charge is 2.23. The van der Waals surface area contributed by atoms with E-state index in [2.05, 4.69) is 51.7 Å². The molecule has 1 aromatic heterocycles. The first-order valence-corrected chi connectivity index (χ1v) is 10.2. The lowest BCUT2D eigenvalue weighted by Gasteiger charge is -2.37. The molecule has 1 aromatic carbocycles. The Hall–Kier alpha value is -3.09. The van der Waals surface area contributed by atoms with Gasteiger partial charge in [0.1, 0.15) is 5.82 Å². The third-order valence-corrected chi connectivity index (χ3v) is 5.64. The standard InChI is InChI=1S/C22H27N5O2/c1-16-6-7-17-4-2-3-5-19(17)27(16)12-10-21(28)25-18-8-9-20(24-14-18)26-13-11-23-22(29)15-26/h2-5,8-9,14,16H,6-7,10-13,15H2,1H3,(H,23,29)(H,25,28)/t16-/m1/s1. The third-order valence-electron chi connectivity index (χ3n) is 5.64. The fourth-order valence-electron chi connectivity index (χ4n) is 4.03. The van der Waals surface area contributed by atoms with E-state index in [1.54, 1.807) is 6.20 Å². The highest BCUT2D eigenvalue weighted by Crippen LogP contribution is 2.30. The number of carbonyl (C=O) groups is 2. The van der Waals surface area contributed by atoms with Crippen LogP contribution in [0.4, 0.5) is 17.2 Å². The Kier molecular flexibility index (Phi) is 5.64. The number of nitrogens with one attached hydrogen (secondary N) is 2. The molecule has 29 heavy (non-hydrogen) atoms. The molecule has 0 bridgehead atoms. The number of nitrogens with zero attached hydrogens (tertiary/aromatic N) is 3. The smallest absolute Gasteiger partial charge is 0.239 e. The van der Waals surface area contributed by atoms with Crippen LogP contribution in [0, 0.1) is 0 Å². The molecule has 0 saturated carbocycles. The maximum Gasteiger partial charge on any atom is 0.239 e. The quantitative estimate of drug-likeness (QED) is 0.814. The van der Waals surface area contributed by atoms with Crippen molar-refractivity contribution in [2.24, 2.45) is 0 Å². The number of pyridine rings is 1. The predicted octanol–water partition coefficient (Wildman–Crippen LogP) is 2.19. The van der Waals surface area contributed by atoms with Gasteiger partial charge in [-0.25, -0.2) is 4.98 Å². The van der Waals surface area contributed by atoms with E-state index in [1.807, 2.05) is 17.0 Å². The summed E-state index contributed by atoms with van der Waals surface area (Å²) in [5, 5.41) is 5.73. The van der Waals surface area contributed by atoms with Crippen molar-refractivity contribution in [3.05, 3.63) is 48.2 Å². The second-order valence-electron chi connectivity index (χ2n) is 7.68. The monoisotopic (exact) mass is 393 g/mol. The number of rotatable bonds is 5. The van der Waals surface area contributed by atoms with Gasteiger partial charge in [0.15, 0.2) is 0 Å². The number of fused-ring (bicyclic) bond motifs is 1. The van der Waals surface area contributed by atoms with Crippen LogP contribution < -0.4 is 20.4 Å². The second-order valence-corrected chi connectivity index (χ2v) is 7.68. The summed E-state index contributed by atoms with van der Waals surface area (Å²) in [7, 11) is 0. The van der Waals surface area contributed by atoms with Crippen molar-refractivity contribution in [3.8, 4) is 0 Å². The molecule has 1 fully saturated rings. The van der Waals surface area contributed by atoms with E-state index in [4.69, 9.17) is 0 Å². The van der Waals surface area contributed by atoms with Crippen LogP contribution in [0.5, 0.6) is 0 Å². The van der Waals surface area contributed by atoms with E-state index in [0.29, 0.717) is 37.8 Å². The van der Waals surface area contributed by atoms with Gasteiger partial charge in [-0.15, -0.1) is 0 Å². The number of carbonyl (C=O) groups excluding carboxylic acids is 2. The number of para-hydroxylation sites is 1. The molecule has 2 N–H and O–H groups in total. The van der Waals surface area contributed by atoms with E-state index >= 15 is 0 Å². The van der Waals surface area contributed by atoms with Crippen LogP contribution in [0.25, 0.3) is 0 Å². The molecule has 0 spiro atoms. The lowest BCUT2D eigenvalue weighted by Crippen LogP contribution is -2.48. The fourth-order valence-corrected chi connectivity index (χ4v) is 4.03. The fraction of sp³-hybridized carbons (Fsp3) is 0.409. The number of aromatic nitrogens is 1. The Balaban J connectivity index is 1.32. The van der Waals surface area contributed by atoms with Crippen LogP contribution in [0.3, 0.4) is 0 Å². The first kappa shape index (κ1) is 19.2.